The lowest BCUT2D eigenvalue weighted by Crippen LogP contribution is -2.33. The van der Waals surface area contributed by atoms with Crippen LogP contribution in [-0.4, -0.2) is 19.1 Å². The van der Waals surface area contributed by atoms with Crippen LogP contribution in [0.4, 0.5) is 0 Å². The molecule has 1 N–H and O–H groups in total. The predicted octanol–water partition coefficient (Wildman–Crippen LogP) is 2.35. The molecule has 2 rings (SSSR count). The quantitative estimate of drug-likeness (QED) is 0.877. The van der Waals surface area contributed by atoms with Crippen LogP contribution in [0.15, 0.2) is 42.5 Å². The molecule has 0 saturated heterocycles. The zero-order chi connectivity index (χ0) is 12.3. The lowest BCUT2D eigenvalue weighted by atomic mass is 10.1. The summed E-state index contributed by atoms with van der Waals surface area (Å²) in [4.78, 5) is 11.3. The summed E-state index contributed by atoms with van der Waals surface area (Å²) in [7, 11) is 1.60. The van der Waals surface area contributed by atoms with Crippen LogP contribution in [0.2, 0.25) is 0 Å². The largest absolute Gasteiger partial charge is 0.481 e. The summed E-state index contributed by atoms with van der Waals surface area (Å²) in [6.45, 7) is 1.73. The first kappa shape index (κ1) is 11.5. The van der Waals surface area contributed by atoms with Crippen molar-refractivity contribution in [1.82, 2.24) is 5.32 Å². The van der Waals surface area contributed by atoms with E-state index in [1.165, 1.54) is 0 Å². The fourth-order valence-corrected chi connectivity index (χ4v) is 1.70. The second-order valence-electron chi connectivity index (χ2n) is 3.88. The fourth-order valence-electron chi connectivity index (χ4n) is 1.70. The third-order valence-corrected chi connectivity index (χ3v) is 2.65. The number of hydrogen-bond acceptors (Lipinski definition) is 2. The summed E-state index contributed by atoms with van der Waals surface area (Å²) in [5, 5.41) is 4.82. The molecule has 0 aromatic heterocycles. The summed E-state index contributed by atoms with van der Waals surface area (Å²) in [6, 6.07) is 13.8. The predicted molar refractivity (Wildman–Crippen MR) is 68.1 cm³/mol. The molecule has 88 valence electrons. The van der Waals surface area contributed by atoms with Gasteiger partial charge in [-0.3, -0.25) is 4.79 Å². The molecule has 0 aliphatic rings. The van der Waals surface area contributed by atoms with E-state index in [-0.39, 0.29) is 5.91 Å². The maximum Gasteiger partial charge on any atom is 0.260 e. The van der Waals surface area contributed by atoms with Crippen molar-refractivity contribution in [3.05, 3.63) is 42.5 Å². The molecular formula is C14H15NO2. The van der Waals surface area contributed by atoms with Gasteiger partial charge in [-0.25, -0.2) is 0 Å². The van der Waals surface area contributed by atoms with E-state index in [1.807, 2.05) is 42.5 Å². The Kier molecular flexibility index (Phi) is 3.28. The number of rotatable bonds is 3. The van der Waals surface area contributed by atoms with Gasteiger partial charge in [0, 0.05) is 7.05 Å². The number of amides is 1. The number of hydrogen-bond donors (Lipinski definition) is 1. The molecule has 0 radical (unpaired) electrons. The lowest BCUT2D eigenvalue weighted by molar-refractivity contribution is -0.126. The van der Waals surface area contributed by atoms with E-state index in [0.717, 1.165) is 10.8 Å². The Morgan fingerprint density at radius 3 is 2.59 bits per heavy atom. The second-order valence-corrected chi connectivity index (χ2v) is 3.88. The first-order chi connectivity index (χ1) is 8.20. The molecule has 0 aliphatic heterocycles. The molecule has 0 heterocycles. The van der Waals surface area contributed by atoms with Crippen LogP contribution < -0.4 is 10.1 Å². The van der Waals surface area contributed by atoms with Crippen molar-refractivity contribution in [2.45, 2.75) is 13.0 Å². The normalized spacial score (nSPS) is 12.1. The van der Waals surface area contributed by atoms with Gasteiger partial charge in [0.1, 0.15) is 5.75 Å². The van der Waals surface area contributed by atoms with Gasteiger partial charge in [-0.1, -0.05) is 30.3 Å². The highest BCUT2D eigenvalue weighted by molar-refractivity contribution is 5.84. The monoisotopic (exact) mass is 229 g/mol. The summed E-state index contributed by atoms with van der Waals surface area (Å²) in [5.41, 5.74) is 0. The van der Waals surface area contributed by atoms with E-state index in [2.05, 4.69) is 5.32 Å². The average Bonchev–Trinajstić information content (AvgIpc) is 2.37. The van der Waals surface area contributed by atoms with E-state index in [4.69, 9.17) is 4.74 Å². The van der Waals surface area contributed by atoms with Gasteiger partial charge < -0.3 is 10.1 Å². The van der Waals surface area contributed by atoms with E-state index in [9.17, 15) is 4.79 Å². The fraction of sp³-hybridized carbons (Fsp3) is 0.214. The first-order valence-corrected chi connectivity index (χ1v) is 5.58. The van der Waals surface area contributed by atoms with Gasteiger partial charge in [0.2, 0.25) is 0 Å². The molecule has 3 nitrogen and oxygen atoms in total. The molecule has 2 aromatic rings. The number of likely N-dealkylation sites (N-methyl/N-ethyl adjacent to an activating group) is 1. The van der Waals surface area contributed by atoms with Crippen molar-refractivity contribution in [3.8, 4) is 5.75 Å². The van der Waals surface area contributed by atoms with Crippen LogP contribution in [0.3, 0.4) is 0 Å². The van der Waals surface area contributed by atoms with Crippen LogP contribution in [0.25, 0.3) is 10.8 Å². The number of nitrogens with one attached hydrogen (secondary N) is 1. The Hall–Kier alpha value is -2.03. The van der Waals surface area contributed by atoms with Gasteiger partial charge in [-0.05, 0) is 29.8 Å². The SMILES string of the molecule is CNC(=O)[C@@H](C)Oc1ccc2ccccc2c1. The minimum absolute atomic E-state index is 0.127. The molecule has 1 amide bonds. The van der Waals surface area contributed by atoms with Gasteiger partial charge in [-0.15, -0.1) is 0 Å². The minimum atomic E-state index is -0.485. The van der Waals surface area contributed by atoms with Crippen molar-refractivity contribution in [2.24, 2.45) is 0 Å². The van der Waals surface area contributed by atoms with E-state index in [0.29, 0.717) is 5.75 Å². The smallest absolute Gasteiger partial charge is 0.260 e. The van der Waals surface area contributed by atoms with Gasteiger partial charge in [0.15, 0.2) is 6.10 Å². The van der Waals surface area contributed by atoms with Crippen LogP contribution >= 0.6 is 0 Å². The Balaban J connectivity index is 2.22. The first-order valence-electron chi connectivity index (χ1n) is 5.58. The molecule has 0 unspecified atom stereocenters. The Morgan fingerprint density at radius 1 is 1.18 bits per heavy atom. The lowest BCUT2D eigenvalue weighted by Gasteiger charge is -2.13. The van der Waals surface area contributed by atoms with Gasteiger partial charge >= 0.3 is 0 Å². The molecule has 0 spiro atoms. The van der Waals surface area contributed by atoms with E-state index >= 15 is 0 Å². The van der Waals surface area contributed by atoms with Crippen molar-refractivity contribution in [2.75, 3.05) is 7.05 Å². The van der Waals surface area contributed by atoms with Gasteiger partial charge in [0.25, 0.3) is 5.91 Å². The highest BCUT2D eigenvalue weighted by Gasteiger charge is 2.12. The second kappa shape index (κ2) is 4.87. The molecule has 0 bridgehead atoms. The van der Waals surface area contributed by atoms with E-state index < -0.39 is 6.10 Å². The van der Waals surface area contributed by atoms with Gasteiger partial charge in [-0.2, -0.15) is 0 Å². The summed E-state index contributed by atoms with van der Waals surface area (Å²) in [5.74, 6) is 0.581. The van der Waals surface area contributed by atoms with Crippen LogP contribution in [0.5, 0.6) is 5.75 Å². The zero-order valence-corrected chi connectivity index (χ0v) is 9.94. The average molecular weight is 229 g/mol. The van der Waals surface area contributed by atoms with Crippen molar-refractivity contribution in [1.29, 1.82) is 0 Å². The van der Waals surface area contributed by atoms with Crippen molar-refractivity contribution < 1.29 is 9.53 Å². The highest BCUT2D eigenvalue weighted by atomic mass is 16.5. The topological polar surface area (TPSA) is 38.3 Å². The van der Waals surface area contributed by atoms with Crippen LogP contribution in [0, 0.1) is 0 Å². The number of ether oxygens (including phenoxy) is 1. The summed E-state index contributed by atoms with van der Waals surface area (Å²) >= 11 is 0. The summed E-state index contributed by atoms with van der Waals surface area (Å²) in [6.07, 6.45) is -0.485. The summed E-state index contributed by atoms with van der Waals surface area (Å²) < 4.78 is 5.56. The van der Waals surface area contributed by atoms with Crippen LogP contribution in [0.1, 0.15) is 6.92 Å². The number of benzene rings is 2. The molecule has 1 atom stereocenters. The van der Waals surface area contributed by atoms with E-state index in [1.54, 1.807) is 14.0 Å². The standard InChI is InChI=1S/C14H15NO2/c1-10(14(16)15-2)17-13-8-7-11-5-3-4-6-12(11)9-13/h3-10H,1-2H3,(H,15,16)/t10-/m1/s1. The Bertz CT molecular complexity index is 536. The maximum absolute atomic E-state index is 11.3. The molecular weight excluding hydrogens is 214 g/mol. The molecule has 0 saturated carbocycles. The molecule has 2 aromatic carbocycles. The Labute approximate surface area is 100 Å². The maximum atomic E-state index is 11.3. The minimum Gasteiger partial charge on any atom is -0.481 e. The molecule has 3 heteroatoms. The van der Waals surface area contributed by atoms with Crippen LogP contribution in [-0.2, 0) is 4.79 Å². The van der Waals surface area contributed by atoms with Crippen molar-refractivity contribution >= 4 is 16.7 Å². The molecule has 0 fully saturated rings. The highest BCUT2D eigenvalue weighted by Crippen LogP contribution is 2.21. The third kappa shape index (κ3) is 2.56. The third-order valence-electron chi connectivity index (χ3n) is 2.65. The Morgan fingerprint density at radius 2 is 1.88 bits per heavy atom. The number of carbonyl (C=O) groups excluding carboxylic acids is 1. The number of fused-ring (bicyclic) bond motifs is 1. The van der Waals surface area contributed by atoms with Crippen molar-refractivity contribution in [3.63, 3.8) is 0 Å². The molecule has 17 heavy (non-hydrogen) atoms. The molecule has 0 aliphatic carbocycles. The number of carbonyl (C=O) groups is 1. The zero-order valence-electron chi connectivity index (χ0n) is 9.94. The van der Waals surface area contributed by atoms with Gasteiger partial charge in [0.05, 0.1) is 0 Å².